The Morgan fingerprint density at radius 2 is 0.232 bits per heavy atom. The highest BCUT2D eigenvalue weighted by Crippen LogP contribution is 2.42. The molecule has 0 aliphatic heterocycles. The van der Waals surface area contributed by atoms with E-state index in [0.717, 1.165) is 0 Å². The van der Waals surface area contributed by atoms with Crippen LogP contribution in [-0.2, 0) is 0 Å². The van der Waals surface area contributed by atoms with Crippen LogP contribution in [0.15, 0.2) is 0 Å². The van der Waals surface area contributed by atoms with Crippen molar-refractivity contribution in [3.63, 3.8) is 0 Å². The van der Waals surface area contributed by atoms with E-state index in [1.54, 1.807) is 0 Å². The van der Waals surface area contributed by atoms with Crippen molar-refractivity contribution in [2.75, 3.05) is 0 Å². The van der Waals surface area contributed by atoms with Crippen LogP contribution in [0.5, 0.6) is 0 Å². The number of fused-ring (bicyclic) bond motifs is 4. The van der Waals surface area contributed by atoms with Crippen molar-refractivity contribution in [3.8, 4) is 0 Å². The summed E-state index contributed by atoms with van der Waals surface area (Å²) in [4.78, 5) is 0. The number of benzene rings is 8. The average Bonchev–Trinajstić information content (AvgIpc) is 3.31. The van der Waals surface area contributed by atoms with Crippen molar-refractivity contribution in [1.29, 1.82) is 0 Å². The molecule has 0 radical (unpaired) electrons. The van der Waals surface area contributed by atoms with Crippen molar-refractivity contribution in [2.45, 2.75) is 0 Å². The minimum absolute atomic E-state index is 0. The summed E-state index contributed by atoms with van der Waals surface area (Å²) in [5, 5.41) is -27.0. The van der Waals surface area contributed by atoms with Gasteiger partial charge in [-0.3, -0.25) is 0 Å². The first-order valence-electron chi connectivity index (χ1n) is 17.4. The van der Waals surface area contributed by atoms with E-state index >= 15 is 105 Å². The molecule has 0 aromatic heterocycles. The third-order valence-corrected chi connectivity index (χ3v) is 11.2. The third kappa shape index (κ3) is 5.68. The van der Waals surface area contributed by atoms with Gasteiger partial charge in [0.05, 0.1) is 21.5 Å². The van der Waals surface area contributed by atoms with E-state index in [0.29, 0.717) is 0 Å². The summed E-state index contributed by atoms with van der Waals surface area (Å²) >= 11 is 0. The highest BCUT2D eigenvalue weighted by atomic mass is 19.2. The van der Waals surface area contributed by atoms with Gasteiger partial charge in [0.25, 0.3) is 0 Å². The van der Waals surface area contributed by atoms with Crippen LogP contribution in [0.2, 0.25) is 0 Å². The Morgan fingerprint density at radius 1 is 0.130 bits per heavy atom. The highest BCUT2D eigenvalue weighted by Gasteiger charge is 2.52. The van der Waals surface area contributed by atoms with Crippen molar-refractivity contribution < 1.29 is 124 Å². The van der Waals surface area contributed by atoms with Gasteiger partial charge in [-0.2, -0.15) is 0 Å². The molecule has 0 saturated heterocycles. The van der Waals surface area contributed by atoms with Gasteiger partial charge in [-0.25, -0.2) is 123 Å². The fraction of sp³-hybridized carbons (Fsp3) is 0. The maximum Gasteiger partial charge on any atom is 1.00 e. The zero-order valence-corrected chi connectivity index (χ0v) is 31.2. The highest BCUT2D eigenvalue weighted by molar-refractivity contribution is 7.23. The van der Waals surface area contributed by atoms with E-state index in [9.17, 15) is 17.6 Å². The molecule has 0 saturated carbocycles. The fourth-order valence-electron chi connectivity index (χ4n) is 8.59. The van der Waals surface area contributed by atoms with E-state index in [1.165, 1.54) is 0 Å². The molecule has 0 nitrogen and oxygen atoms in total. The summed E-state index contributed by atoms with van der Waals surface area (Å²) in [6, 6.07) is 0. The molecule has 0 fully saturated rings. The molecule has 0 N–H and O–H groups in total. The van der Waals surface area contributed by atoms with Crippen LogP contribution in [0.3, 0.4) is 0 Å². The van der Waals surface area contributed by atoms with E-state index in [2.05, 4.69) is 0 Å². The average molecular weight is 1020 g/mol. The van der Waals surface area contributed by atoms with Gasteiger partial charge in [0.15, 0.2) is 140 Å². The number of rotatable bonds is 4. The molecule has 8 aromatic rings. The zero-order valence-electron chi connectivity index (χ0n) is 32.2. The summed E-state index contributed by atoms with van der Waals surface area (Å²) in [7, 11) is 0. The summed E-state index contributed by atoms with van der Waals surface area (Å²) < 4.78 is 446. The number of halogens is 28. The first-order chi connectivity index (χ1) is 32.0. The molecule has 8 aromatic carbocycles. The summed E-state index contributed by atoms with van der Waals surface area (Å²) in [5.41, 5.74) is -15.5. The quantitative estimate of drug-likeness (QED) is 0.0713. The predicted molar refractivity (Wildman–Crippen MR) is 180 cm³/mol. The molecule has 360 valence electrons. The molecular weight excluding hydrogens is 1020 g/mol. The van der Waals surface area contributed by atoms with Crippen molar-refractivity contribution in [3.05, 3.63) is 163 Å². The second-order valence-electron chi connectivity index (χ2n) is 14.3. The Morgan fingerprint density at radius 3 is 0.362 bits per heavy atom. The molecule has 0 atom stereocenters. The van der Waals surface area contributed by atoms with Gasteiger partial charge < -0.3 is 0 Å². The smallest absolute Gasteiger partial charge is 0.207 e. The van der Waals surface area contributed by atoms with Gasteiger partial charge in [0.1, 0.15) is 29.4 Å². The summed E-state index contributed by atoms with van der Waals surface area (Å²) in [5.74, 6) is -104. The minimum atomic E-state index is -8.05. The van der Waals surface area contributed by atoms with Crippen LogP contribution >= 0.6 is 0 Å². The van der Waals surface area contributed by atoms with Gasteiger partial charge >= 0.3 is 1.43 Å². The van der Waals surface area contributed by atoms with Crippen LogP contribution in [0, 0.1) is 163 Å². The second-order valence-corrected chi connectivity index (χ2v) is 14.3. The molecule has 0 aliphatic carbocycles. The Bertz CT molecular complexity index is 3260. The topological polar surface area (TPSA) is 0 Å². The molecule has 0 heterocycles. The SMILES string of the molecule is Fc1c(F)c(F)c2c([B-](c3c(F)c(F)c(F)c4c(F)c(F)c(F)c(F)c34)(c3c(F)c(F)c(F)c4c(F)c(F)c(F)c(F)c34)c3c(F)c(F)c(F)c4c(F)c(F)c(F)c(F)c34)c(F)c(F)c(F)c2c1F.[H+]. The van der Waals surface area contributed by atoms with Gasteiger partial charge in [0, 0.05) is 0 Å². The van der Waals surface area contributed by atoms with Gasteiger partial charge in [-0.1, -0.05) is 0 Å². The molecule has 29 heteroatoms. The van der Waals surface area contributed by atoms with Crippen LogP contribution in [0.25, 0.3) is 43.1 Å². The van der Waals surface area contributed by atoms with E-state index < -0.39 is 234 Å². The maximum atomic E-state index is 17.3. The lowest BCUT2D eigenvalue weighted by molar-refractivity contribution is 0.410. The lowest BCUT2D eigenvalue weighted by Crippen LogP contribution is -2.79. The lowest BCUT2D eigenvalue weighted by atomic mass is 9.11. The molecular formula is C40HBF28. The van der Waals surface area contributed by atoms with E-state index in [-0.39, 0.29) is 1.43 Å². The van der Waals surface area contributed by atoms with Gasteiger partial charge in [0.2, 0.25) is 0 Å². The van der Waals surface area contributed by atoms with E-state index in [4.69, 9.17) is 0 Å². The van der Waals surface area contributed by atoms with Crippen LogP contribution in [-0.4, -0.2) is 6.15 Å². The first kappa shape index (κ1) is 48.4. The van der Waals surface area contributed by atoms with Gasteiger partial charge in [-0.05, 0) is 21.5 Å². The number of hydrogen-bond acceptors (Lipinski definition) is 0. The fourth-order valence-corrected chi connectivity index (χ4v) is 8.59. The van der Waals surface area contributed by atoms with Crippen molar-refractivity contribution in [1.82, 2.24) is 0 Å². The third-order valence-electron chi connectivity index (χ3n) is 11.2. The van der Waals surface area contributed by atoms with Crippen LogP contribution in [0.1, 0.15) is 1.43 Å². The first-order valence-corrected chi connectivity index (χ1v) is 17.4. The number of hydrogen-bond donors (Lipinski definition) is 0. The lowest BCUT2D eigenvalue weighted by Gasteiger charge is -2.47. The maximum absolute atomic E-state index is 17.3. The predicted octanol–water partition coefficient (Wildman–Crippen LogP) is 11.7. The zero-order chi connectivity index (χ0) is 51.6. The van der Waals surface area contributed by atoms with E-state index in [1.807, 2.05) is 0 Å². The minimum Gasteiger partial charge on any atom is -0.207 e. The standard InChI is InChI=1S/C40BF28/c42-13-1-5(21(50)37(66)33(13)62)17(46)29(58)25(54)9(1)41(10-2-6(18(47)30(59)26(10)55)22(51)38(67)34(63)14(2)43,11-3-7(19(48)31(60)27(11)56)23(52)39(68)35(64)15(3)44)12-4-8(20(49)32(61)28(12)57)24(53)40(69)36(65)16(4)45/q-1/p+1. The Kier molecular flexibility index (Phi) is 10.8. The monoisotopic (exact) mass is 1020 g/mol. The molecule has 69 heavy (non-hydrogen) atoms. The largest absolute Gasteiger partial charge is 1.00 e. The molecule has 0 aliphatic rings. The molecule has 0 spiro atoms. The van der Waals surface area contributed by atoms with Gasteiger partial charge in [-0.15, -0.1) is 21.9 Å². The normalized spacial score (nSPS) is 12.3. The molecule has 8 rings (SSSR count). The van der Waals surface area contributed by atoms with Crippen LogP contribution in [0.4, 0.5) is 123 Å². The van der Waals surface area contributed by atoms with Crippen molar-refractivity contribution in [2.24, 2.45) is 0 Å². The Labute approximate surface area is 358 Å². The van der Waals surface area contributed by atoms with Crippen LogP contribution < -0.4 is 21.9 Å². The summed E-state index contributed by atoms with van der Waals surface area (Å²) in [6.07, 6.45) is -8.05. The molecule has 0 unspecified atom stereocenters. The Balaban J connectivity index is 0.00000722. The molecule has 0 bridgehead atoms. The second kappa shape index (κ2) is 15.5. The molecule has 0 amide bonds. The Hall–Kier alpha value is -7.10. The summed E-state index contributed by atoms with van der Waals surface area (Å²) in [6.45, 7) is 0. The van der Waals surface area contributed by atoms with Crippen molar-refractivity contribution >= 4 is 71.1 Å².